The molecule has 0 bridgehead atoms. The van der Waals surface area contributed by atoms with Crippen molar-refractivity contribution < 1.29 is 10.0 Å². The summed E-state index contributed by atoms with van der Waals surface area (Å²) in [7, 11) is -1.17. The van der Waals surface area contributed by atoms with Crippen molar-refractivity contribution in [2.24, 2.45) is 11.7 Å². The van der Waals surface area contributed by atoms with E-state index < -0.39 is 7.12 Å². The molecule has 0 aromatic heterocycles. The zero-order valence-electron chi connectivity index (χ0n) is 12.6. The highest BCUT2D eigenvalue weighted by Gasteiger charge is 2.32. The van der Waals surface area contributed by atoms with Gasteiger partial charge in [-0.2, -0.15) is 0 Å². The molecule has 4 N–H and O–H groups in total. The van der Waals surface area contributed by atoms with Crippen molar-refractivity contribution in [3.8, 4) is 0 Å². The van der Waals surface area contributed by atoms with Crippen molar-refractivity contribution in [1.29, 1.82) is 0 Å². The molecule has 1 heterocycles. The fourth-order valence-electron chi connectivity index (χ4n) is 3.17. The number of likely N-dealkylation sites (tertiary alicyclic amines) is 1. The first-order chi connectivity index (χ1) is 8.95. The average Bonchev–Trinajstić information content (AvgIpc) is 2.36. The molecule has 5 heteroatoms. The third kappa shape index (κ3) is 6.26. The zero-order valence-corrected chi connectivity index (χ0v) is 12.6. The van der Waals surface area contributed by atoms with Crippen LogP contribution in [0.1, 0.15) is 52.4 Å². The lowest BCUT2D eigenvalue weighted by Gasteiger charge is -2.40. The highest BCUT2D eigenvalue weighted by Crippen LogP contribution is 2.30. The minimum absolute atomic E-state index is 0.0985. The molecule has 0 saturated carbocycles. The van der Waals surface area contributed by atoms with Gasteiger partial charge in [-0.3, -0.25) is 0 Å². The van der Waals surface area contributed by atoms with E-state index in [-0.39, 0.29) is 5.54 Å². The van der Waals surface area contributed by atoms with Gasteiger partial charge in [-0.15, -0.1) is 0 Å². The molecule has 0 spiro atoms. The maximum Gasteiger partial charge on any atom is 0.451 e. The Morgan fingerprint density at radius 2 is 1.89 bits per heavy atom. The zero-order chi connectivity index (χ0) is 14.3. The number of hydrogen-bond acceptors (Lipinski definition) is 4. The van der Waals surface area contributed by atoms with E-state index in [1.807, 2.05) is 0 Å². The van der Waals surface area contributed by atoms with E-state index in [2.05, 4.69) is 18.7 Å². The number of piperidine rings is 1. The van der Waals surface area contributed by atoms with Crippen molar-refractivity contribution >= 4 is 7.12 Å². The van der Waals surface area contributed by atoms with Crippen LogP contribution in [-0.2, 0) is 0 Å². The van der Waals surface area contributed by atoms with Crippen LogP contribution < -0.4 is 5.73 Å². The lowest BCUT2D eigenvalue weighted by molar-refractivity contribution is 0.130. The molecule has 0 aromatic rings. The topological polar surface area (TPSA) is 69.7 Å². The Morgan fingerprint density at radius 3 is 2.42 bits per heavy atom. The first-order valence-electron chi connectivity index (χ1n) is 7.83. The number of unbranched alkanes of at least 4 members (excludes halogenated alkanes) is 1. The number of nitrogens with zero attached hydrogens (tertiary/aromatic N) is 1. The number of hydrogen-bond donors (Lipinski definition) is 3. The van der Waals surface area contributed by atoms with Crippen LogP contribution >= 0.6 is 0 Å². The number of rotatable bonds is 8. The SMILES string of the molecule is CCCN1CCC(C(C)(N)CCCCB(O)O)CC1. The Bertz CT molecular complexity index is 242. The normalized spacial score (nSPS) is 21.3. The molecule has 1 fully saturated rings. The molecular formula is C14H31BN2O2. The maximum atomic E-state index is 8.83. The number of nitrogens with two attached hydrogens (primary N) is 1. The molecule has 0 aromatic carbocycles. The third-order valence-corrected chi connectivity index (χ3v) is 4.49. The summed E-state index contributed by atoms with van der Waals surface area (Å²) in [6.45, 7) is 7.97. The van der Waals surface area contributed by atoms with Gasteiger partial charge in [0.15, 0.2) is 0 Å². The lowest BCUT2D eigenvalue weighted by atomic mass is 9.75. The van der Waals surface area contributed by atoms with E-state index >= 15 is 0 Å². The first kappa shape index (κ1) is 17.0. The van der Waals surface area contributed by atoms with Crippen LogP contribution in [0.2, 0.25) is 6.32 Å². The fraction of sp³-hybridized carbons (Fsp3) is 1.00. The van der Waals surface area contributed by atoms with Crippen LogP contribution in [-0.4, -0.2) is 47.2 Å². The van der Waals surface area contributed by atoms with Gasteiger partial charge in [0.25, 0.3) is 0 Å². The lowest BCUT2D eigenvalue weighted by Crippen LogP contribution is -2.49. The van der Waals surface area contributed by atoms with E-state index in [0.29, 0.717) is 12.2 Å². The third-order valence-electron chi connectivity index (χ3n) is 4.49. The Hall–Kier alpha value is -0.0951. The van der Waals surface area contributed by atoms with Crippen LogP contribution in [0.5, 0.6) is 0 Å². The van der Waals surface area contributed by atoms with Crippen LogP contribution in [0.15, 0.2) is 0 Å². The first-order valence-corrected chi connectivity index (χ1v) is 7.83. The van der Waals surface area contributed by atoms with Crippen LogP contribution in [0.4, 0.5) is 0 Å². The van der Waals surface area contributed by atoms with Gasteiger partial charge in [-0.25, -0.2) is 0 Å². The second-order valence-electron chi connectivity index (χ2n) is 6.35. The average molecular weight is 270 g/mol. The fourth-order valence-corrected chi connectivity index (χ4v) is 3.17. The molecule has 1 aliphatic heterocycles. The van der Waals surface area contributed by atoms with Gasteiger partial charge >= 0.3 is 7.12 Å². The van der Waals surface area contributed by atoms with E-state index in [4.69, 9.17) is 15.8 Å². The standard InChI is InChI=1S/C14H31BN2O2/c1-3-10-17-11-6-13(7-12-17)14(2,16)8-4-5-9-15(18)19/h13,18-19H,3-12,16H2,1-2H3. The molecule has 1 aliphatic rings. The van der Waals surface area contributed by atoms with Gasteiger partial charge in [-0.1, -0.05) is 19.8 Å². The van der Waals surface area contributed by atoms with E-state index in [1.54, 1.807) is 0 Å². The highest BCUT2D eigenvalue weighted by atomic mass is 16.4. The van der Waals surface area contributed by atoms with Crippen LogP contribution in [0.25, 0.3) is 0 Å². The molecule has 1 unspecified atom stereocenters. The summed E-state index contributed by atoms with van der Waals surface area (Å²) in [5.41, 5.74) is 6.39. The minimum atomic E-state index is -1.17. The van der Waals surface area contributed by atoms with Gasteiger partial charge in [0.05, 0.1) is 0 Å². The van der Waals surface area contributed by atoms with Crippen LogP contribution in [0, 0.1) is 5.92 Å². The summed E-state index contributed by atoms with van der Waals surface area (Å²) in [4.78, 5) is 2.54. The molecule has 1 atom stereocenters. The molecule has 1 saturated heterocycles. The summed E-state index contributed by atoms with van der Waals surface area (Å²) in [6, 6.07) is 0. The Morgan fingerprint density at radius 1 is 1.26 bits per heavy atom. The highest BCUT2D eigenvalue weighted by molar-refractivity contribution is 6.40. The summed E-state index contributed by atoms with van der Waals surface area (Å²) >= 11 is 0. The van der Waals surface area contributed by atoms with Crippen molar-refractivity contribution in [1.82, 2.24) is 4.90 Å². The van der Waals surface area contributed by atoms with E-state index in [0.717, 1.165) is 19.3 Å². The second-order valence-corrected chi connectivity index (χ2v) is 6.35. The molecule has 0 radical (unpaired) electrons. The maximum absolute atomic E-state index is 8.83. The molecule has 4 nitrogen and oxygen atoms in total. The molecule has 0 amide bonds. The van der Waals surface area contributed by atoms with Gasteiger partial charge < -0.3 is 20.7 Å². The molecule has 19 heavy (non-hydrogen) atoms. The molecule has 0 aliphatic carbocycles. The Labute approximate surface area is 118 Å². The summed E-state index contributed by atoms with van der Waals surface area (Å²) in [6.07, 6.45) is 6.92. The smallest absolute Gasteiger partial charge is 0.427 e. The predicted octanol–water partition coefficient (Wildman–Crippen LogP) is 1.47. The van der Waals surface area contributed by atoms with Crippen molar-refractivity contribution in [3.05, 3.63) is 0 Å². The van der Waals surface area contributed by atoms with Gasteiger partial charge in [0.1, 0.15) is 0 Å². The molecule has 1 rings (SSSR count). The van der Waals surface area contributed by atoms with E-state index in [1.165, 1.54) is 38.9 Å². The predicted molar refractivity (Wildman–Crippen MR) is 80.9 cm³/mol. The Balaban J connectivity index is 2.25. The van der Waals surface area contributed by atoms with Crippen molar-refractivity contribution in [3.63, 3.8) is 0 Å². The van der Waals surface area contributed by atoms with Gasteiger partial charge in [-0.05, 0) is 64.5 Å². The quantitative estimate of drug-likeness (QED) is 0.461. The largest absolute Gasteiger partial charge is 0.451 e. The molecular weight excluding hydrogens is 239 g/mol. The Kier molecular flexibility index (Phi) is 7.36. The van der Waals surface area contributed by atoms with Crippen molar-refractivity contribution in [2.45, 2.75) is 64.2 Å². The molecule has 112 valence electrons. The summed E-state index contributed by atoms with van der Waals surface area (Å²) in [5, 5.41) is 17.7. The minimum Gasteiger partial charge on any atom is -0.427 e. The van der Waals surface area contributed by atoms with Gasteiger partial charge in [0.2, 0.25) is 0 Å². The monoisotopic (exact) mass is 270 g/mol. The second kappa shape index (κ2) is 8.25. The summed E-state index contributed by atoms with van der Waals surface area (Å²) < 4.78 is 0. The van der Waals surface area contributed by atoms with Gasteiger partial charge in [0, 0.05) is 5.54 Å². The summed E-state index contributed by atoms with van der Waals surface area (Å²) in [5.74, 6) is 0.611. The van der Waals surface area contributed by atoms with Crippen LogP contribution in [0.3, 0.4) is 0 Å². The van der Waals surface area contributed by atoms with Crippen molar-refractivity contribution in [2.75, 3.05) is 19.6 Å². The van der Waals surface area contributed by atoms with E-state index in [9.17, 15) is 0 Å².